The SMILES string of the molecule is CCN(Cc1ccc(OC)cc1)Cc1nc(-c2ccc(Cl)cc2)no1. The average Bonchev–Trinajstić information content (AvgIpc) is 3.11. The Morgan fingerprint density at radius 1 is 1.04 bits per heavy atom. The monoisotopic (exact) mass is 357 g/mol. The first-order chi connectivity index (χ1) is 12.2. The highest BCUT2D eigenvalue weighted by atomic mass is 35.5. The fourth-order valence-corrected chi connectivity index (χ4v) is 2.62. The van der Waals surface area contributed by atoms with E-state index in [1.807, 2.05) is 36.4 Å². The van der Waals surface area contributed by atoms with Gasteiger partial charge in [-0.2, -0.15) is 4.98 Å². The van der Waals surface area contributed by atoms with Crippen molar-refractivity contribution in [2.75, 3.05) is 13.7 Å². The molecule has 0 radical (unpaired) electrons. The van der Waals surface area contributed by atoms with Crippen LogP contribution >= 0.6 is 11.6 Å². The van der Waals surface area contributed by atoms with Gasteiger partial charge in [-0.3, -0.25) is 4.90 Å². The Hall–Kier alpha value is -2.37. The molecule has 0 saturated heterocycles. The van der Waals surface area contributed by atoms with E-state index in [9.17, 15) is 0 Å². The maximum absolute atomic E-state index is 5.91. The Balaban J connectivity index is 1.66. The fourth-order valence-electron chi connectivity index (χ4n) is 2.50. The number of rotatable bonds is 7. The smallest absolute Gasteiger partial charge is 0.241 e. The van der Waals surface area contributed by atoms with Crippen molar-refractivity contribution in [3.63, 3.8) is 0 Å². The van der Waals surface area contributed by atoms with E-state index in [4.69, 9.17) is 20.9 Å². The number of benzene rings is 2. The van der Waals surface area contributed by atoms with Crippen LogP contribution in [0.25, 0.3) is 11.4 Å². The third-order valence-electron chi connectivity index (χ3n) is 3.94. The van der Waals surface area contributed by atoms with Gasteiger partial charge in [0, 0.05) is 17.1 Å². The number of aromatic nitrogens is 2. The summed E-state index contributed by atoms with van der Waals surface area (Å²) in [5, 5.41) is 4.75. The van der Waals surface area contributed by atoms with Gasteiger partial charge < -0.3 is 9.26 Å². The van der Waals surface area contributed by atoms with Gasteiger partial charge in [0.15, 0.2) is 0 Å². The molecule has 1 aromatic heterocycles. The molecule has 0 aliphatic heterocycles. The molecule has 0 bridgehead atoms. The zero-order valence-corrected chi connectivity index (χ0v) is 15.0. The van der Waals surface area contributed by atoms with E-state index in [0.29, 0.717) is 23.3 Å². The van der Waals surface area contributed by atoms with Crippen molar-refractivity contribution in [1.82, 2.24) is 15.0 Å². The van der Waals surface area contributed by atoms with Gasteiger partial charge in [-0.1, -0.05) is 35.8 Å². The molecule has 5 nitrogen and oxygen atoms in total. The van der Waals surface area contributed by atoms with Crippen LogP contribution in [0.4, 0.5) is 0 Å². The Morgan fingerprint density at radius 3 is 2.40 bits per heavy atom. The van der Waals surface area contributed by atoms with Gasteiger partial charge in [0.2, 0.25) is 11.7 Å². The lowest BCUT2D eigenvalue weighted by atomic mass is 10.2. The quantitative estimate of drug-likeness (QED) is 0.626. The molecule has 0 atom stereocenters. The zero-order valence-electron chi connectivity index (χ0n) is 14.3. The Morgan fingerprint density at radius 2 is 1.76 bits per heavy atom. The van der Waals surface area contributed by atoms with E-state index < -0.39 is 0 Å². The van der Waals surface area contributed by atoms with Crippen LogP contribution in [0.3, 0.4) is 0 Å². The minimum absolute atomic E-state index is 0.576. The van der Waals surface area contributed by atoms with Gasteiger partial charge in [-0.05, 0) is 48.5 Å². The Kier molecular flexibility index (Phi) is 5.68. The fraction of sp³-hybridized carbons (Fsp3) is 0.263. The summed E-state index contributed by atoms with van der Waals surface area (Å²) in [5.74, 6) is 2.03. The molecule has 25 heavy (non-hydrogen) atoms. The molecule has 0 saturated carbocycles. The molecule has 0 unspecified atom stereocenters. The Bertz CT molecular complexity index is 800. The number of hydrogen-bond donors (Lipinski definition) is 0. The highest BCUT2D eigenvalue weighted by Gasteiger charge is 2.12. The van der Waals surface area contributed by atoms with E-state index >= 15 is 0 Å². The molecule has 0 spiro atoms. The summed E-state index contributed by atoms with van der Waals surface area (Å²) >= 11 is 5.91. The molecule has 0 N–H and O–H groups in total. The summed E-state index contributed by atoms with van der Waals surface area (Å²) in [6.07, 6.45) is 0. The zero-order chi connectivity index (χ0) is 17.6. The van der Waals surface area contributed by atoms with E-state index in [2.05, 4.69) is 34.1 Å². The van der Waals surface area contributed by atoms with Crippen LogP contribution in [0, 0.1) is 0 Å². The van der Waals surface area contributed by atoms with E-state index in [1.165, 1.54) is 5.56 Å². The normalized spacial score (nSPS) is 11.0. The summed E-state index contributed by atoms with van der Waals surface area (Å²) in [5.41, 5.74) is 2.10. The maximum atomic E-state index is 5.91. The van der Waals surface area contributed by atoms with Crippen LogP contribution in [-0.2, 0) is 13.1 Å². The largest absolute Gasteiger partial charge is 0.497 e. The van der Waals surface area contributed by atoms with Crippen LogP contribution in [-0.4, -0.2) is 28.7 Å². The summed E-state index contributed by atoms with van der Waals surface area (Å²) in [6.45, 7) is 4.40. The van der Waals surface area contributed by atoms with Crippen molar-refractivity contribution in [2.45, 2.75) is 20.0 Å². The van der Waals surface area contributed by atoms with Crippen LogP contribution < -0.4 is 4.74 Å². The van der Waals surface area contributed by atoms with Crippen LogP contribution in [0.15, 0.2) is 53.1 Å². The number of nitrogens with zero attached hydrogens (tertiary/aromatic N) is 3. The molecule has 3 rings (SSSR count). The predicted molar refractivity (Wildman–Crippen MR) is 97.5 cm³/mol. The van der Waals surface area contributed by atoms with Gasteiger partial charge in [-0.25, -0.2) is 0 Å². The molecular formula is C19H20ClN3O2. The lowest BCUT2D eigenvalue weighted by molar-refractivity contribution is 0.229. The number of halogens is 1. The summed E-state index contributed by atoms with van der Waals surface area (Å²) in [7, 11) is 1.67. The minimum Gasteiger partial charge on any atom is -0.497 e. The molecule has 0 amide bonds. The minimum atomic E-state index is 0.576. The number of ether oxygens (including phenoxy) is 1. The second-order valence-electron chi connectivity index (χ2n) is 5.67. The van der Waals surface area contributed by atoms with Gasteiger partial charge >= 0.3 is 0 Å². The van der Waals surface area contributed by atoms with E-state index in [0.717, 1.165) is 24.4 Å². The second-order valence-corrected chi connectivity index (χ2v) is 6.11. The molecular weight excluding hydrogens is 338 g/mol. The van der Waals surface area contributed by atoms with Crippen molar-refractivity contribution < 1.29 is 9.26 Å². The van der Waals surface area contributed by atoms with Crippen LogP contribution in [0.2, 0.25) is 5.02 Å². The molecule has 0 fully saturated rings. The van der Waals surface area contributed by atoms with Crippen LogP contribution in [0.1, 0.15) is 18.4 Å². The van der Waals surface area contributed by atoms with Gasteiger partial charge in [0.1, 0.15) is 5.75 Å². The Labute approximate surface area is 152 Å². The molecule has 130 valence electrons. The molecule has 1 heterocycles. The predicted octanol–water partition coefficient (Wildman–Crippen LogP) is 4.42. The highest BCUT2D eigenvalue weighted by Crippen LogP contribution is 2.19. The average molecular weight is 358 g/mol. The standard InChI is InChI=1S/C19H20ClN3O2/c1-3-23(12-14-4-10-17(24-2)11-5-14)13-18-21-19(22-25-18)15-6-8-16(20)9-7-15/h4-11H,3,12-13H2,1-2H3. The van der Waals surface area contributed by atoms with Crippen molar-refractivity contribution in [1.29, 1.82) is 0 Å². The molecule has 0 aliphatic rings. The van der Waals surface area contributed by atoms with Gasteiger partial charge in [-0.15, -0.1) is 0 Å². The summed E-state index contributed by atoms with van der Waals surface area (Å²) < 4.78 is 10.6. The van der Waals surface area contributed by atoms with Crippen molar-refractivity contribution >= 4 is 11.6 Å². The van der Waals surface area contributed by atoms with Gasteiger partial charge in [0.05, 0.1) is 13.7 Å². The lowest BCUT2D eigenvalue weighted by Crippen LogP contribution is -2.22. The van der Waals surface area contributed by atoms with Crippen LogP contribution in [0.5, 0.6) is 5.75 Å². The first-order valence-electron chi connectivity index (χ1n) is 8.11. The summed E-state index contributed by atoms with van der Waals surface area (Å²) in [4.78, 5) is 6.72. The first-order valence-corrected chi connectivity index (χ1v) is 8.49. The maximum Gasteiger partial charge on any atom is 0.241 e. The first kappa shape index (κ1) is 17.5. The second kappa shape index (κ2) is 8.14. The van der Waals surface area contributed by atoms with E-state index in [1.54, 1.807) is 7.11 Å². The molecule has 0 aliphatic carbocycles. The molecule has 6 heteroatoms. The number of methoxy groups -OCH3 is 1. The molecule has 2 aromatic carbocycles. The topological polar surface area (TPSA) is 51.4 Å². The summed E-state index contributed by atoms with van der Waals surface area (Å²) in [6, 6.07) is 15.5. The van der Waals surface area contributed by atoms with Crippen molar-refractivity contribution in [3.05, 3.63) is 65.0 Å². The number of hydrogen-bond acceptors (Lipinski definition) is 5. The van der Waals surface area contributed by atoms with Crippen molar-refractivity contribution in [3.8, 4) is 17.1 Å². The lowest BCUT2D eigenvalue weighted by Gasteiger charge is -2.18. The molecule has 3 aromatic rings. The van der Waals surface area contributed by atoms with E-state index in [-0.39, 0.29) is 0 Å². The highest BCUT2D eigenvalue weighted by molar-refractivity contribution is 6.30. The van der Waals surface area contributed by atoms with Crippen molar-refractivity contribution in [2.24, 2.45) is 0 Å². The van der Waals surface area contributed by atoms with Gasteiger partial charge in [0.25, 0.3) is 0 Å². The third-order valence-corrected chi connectivity index (χ3v) is 4.19. The third kappa shape index (κ3) is 4.59.